The van der Waals surface area contributed by atoms with Crippen LogP contribution in [0, 0.1) is 5.41 Å². The number of methoxy groups -OCH3 is 1. The Hall–Kier alpha value is -0.220. The lowest BCUT2D eigenvalue weighted by Gasteiger charge is -2.37. The van der Waals surface area contributed by atoms with Crippen molar-refractivity contribution >= 4 is 16.9 Å². The fourth-order valence-electron chi connectivity index (χ4n) is 3.12. The lowest BCUT2D eigenvalue weighted by Crippen LogP contribution is -2.48. The van der Waals surface area contributed by atoms with Gasteiger partial charge in [0.05, 0.1) is 6.10 Å². The van der Waals surface area contributed by atoms with Crippen molar-refractivity contribution in [3.05, 3.63) is 0 Å². The molecule has 1 aliphatic heterocycles. The minimum Gasteiger partial charge on any atom is -0.381 e. The molecule has 0 aromatic heterocycles. The van der Waals surface area contributed by atoms with E-state index in [0.29, 0.717) is 17.6 Å². The van der Waals surface area contributed by atoms with E-state index in [1.165, 1.54) is 36.6 Å². The molecule has 0 radical (unpaired) electrons. The molecule has 2 fully saturated rings. The average Bonchev–Trinajstić information content (AvgIpc) is 2.74. The van der Waals surface area contributed by atoms with Gasteiger partial charge in [-0.25, -0.2) is 0 Å². The third kappa shape index (κ3) is 2.48. The van der Waals surface area contributed by atoms with Crippen LogP contribution in [0.3, 0.4) is 0 Å². The van der Waals surface area contributed by atoms with Crippen LogP contribution in [0.1, 0.15) is 38.5 Å². The zero-order chi connectivity index (χ0) is 11.7. The molecule has 3 nitrogen and oxygen atoms in total. The Kier molecular flexibility index (Phi) is 3.35. The Labute approximate surface area is 108 Å². The van der Waals surface area contributed by atoms with E-state index in [-0.39, 0.29) is 0 Å². The molecular formula is C13H22N2OS. The van der Waals surface area contributed by atoms with E-state index in [1.54, 1.807) is 7.11 Å². The van der Waals surface area contributed by atoms with Gasteiger partial charge in [-0.3, -0.25) is 4.99 Å². The molecule has 4 heteroatoms. The molecule has 96 valence electrons. The molecule has 0 saturated heterocycles. The van der Waals surface area contributed by atoms with Gasteiger partial charge < -0.3 is 10.1 Å². The number of hydrogen-bond donors (Lipinski definition) is 1. The molecule has 3 rings (SSSR count). The summed E-state index contributed by atoms with van der Waals surface area (Å²) in [6.07, 6.45) is 8.37. The Morgan fingerprint density at radius 2 is 2.12 bits per heavy atom. The highest BCUT2D eigenvalue weighted by Crippen LogP contribution is 2.43. The SMILES string of the molecule is COC1CC(NC2=NCC3(CCCC3)CS2)C1. The van der Waals surface area contributed by atoms with Gasteiger partial charge in [0.2, 0.25) is 0 Å². The molecule has 1 N–H and O–H groups in total. The van der Waals surface area contributed by atoms with Crippen molar-refractivity contribution in [1.29, 1.82) is 0 Å². The number of rotatable bonds is 2. The number of amidine groups is 1. The number of aliphatic imine (C=N–C) groups is 1. The van der Waals surface area contributed by atoms with Gasteiger partial charge in [-0.2, -0.15) is 0 Å². The standard InChI is InChI=1S/C13H22N2OS/c1-16-11-6-10(7-11)15-12-14-8-13(9-17-12)4-2-3-5-13/h10-11H,2-9H2,1H3,(H,14,15). The van der Waals surface area contributed by atoms with Gasteiger partial charge in [-0.15, -0.1) is 0 Å². The summed E-state index contributed by atoms with van der Waals surface area (Å²) >= 11 is 1.94. The van der Waals surface area contributed by atoms with Gasteiger partial charge in [0, 0.05) is 25.4 Å². The highest BCUT2D eigenvalue weighted by molar-refractivity contribution is 8.13. The number of nitrogens with zero attached hydrogens (tertiary/aromatic N) is 1. The second-order valence-corrected chi connectivity index (χ2v) is 6.75. The average molecular weight is 254 g/mol. The molecule has 0 unspecified atom stereocenters. The summed E-state index contributed by atoms with van der Waals surface area (Å²) in [7, 11) is 1.80. The second kappa shape index (κ2) is 4.81. The van der Waals surface area contributed by atoms with E-state index in [4.69, 9.17) is 9.73 Å². The maximum Gasteiger partial charge on any atom is 0.156 e. The van der Waals surface area contributed by atoms with Crippen LogP contribution in [-0.4, -0.2) is 36.7 Å². The summed E-state index contributed by atoms with van der Waals surface area (Å²) in [6, 6.07) is 0.601. The maximum absolute atomic E-state index is 5.30. The molecule has 3 aliphatic rings. The summed E-state index contributed by atoms with van der Waals surface area (Å²) in [5.74, 6) is 1.28. The summed E-state index contributed by atoms with van der Waals surface area (Å²) in [5, 5.41) is 4.74. The predicted octanol–water partition coefficient (Wildman–Crippen LogP) is 2.42. The second-order valence-electron chi connectivity index (χ2n) is 5.79. The maximum atomic E-state index is 5.30. The van der Waals surface area contributed by atoms with Crippen LogP contribution < -0.4 is 5.32 Å². The number of thioether (sulfide) groups is 1. The van der Waals surface area contributed by atoms with Gasteiger partial charge in [-0.1, -0.05) is 24.6 Å². The van der Waals surface area contributed by atoms with Crippen molar-refractivity contribution in [2.45, 2.75) is 50.7 Å². The quantitative estimate of drug-likeness (QED) is 0.821. The van der Waals surface area contributed by atoms with Crippen LogP contribution in [0.25, 0.3) is 0 Å². The summed E-state index contributed by atoms with van der Waals surface area (Å²) in [6.45, 7) is 1.06. The topological polar surface area (TPSA) is 33.6 Å². The lowest BCUT2D eigenvalue weighted by molar-refractivity contribution is 0.0228. The Morgan fingerprint density at radius 1 is 1.35 bits per heavy atom. The van der Waals surface area contributed by atoms with Gasteiger partial charge in [0.15, 0.2) is 5.17 Å². The largest absolute Gasteiger partial charge is 0.381 e. The highest BCUT2D eigenvalue weighted by atomic mass is 32.2. The van der Waals surface area contributed by atoms with Crippen LogP contribution in [0.5, 0.6) is 0 Å². The molecule has 1 heterocycles. The first-order valence-electron chi connectivity index (χ1n) is 6.76. The first-order valence-corrected chi connectivity index (χ1v) is 7.75. The lowest BCUT2D eigenvalue weighted by atomic mass is 9.88. The monoisotopic (exact) mass is 254 g/mol. The van der Waals surface area contributed by atoms with Gasteiger partial charge in [0.1, 0.15) is 0 Å². The molecule has 0 bridgehead atoms. The van der Waals surface area contributed by atoms with Crippen LogP contribution in [-0.2, 0) is 4.74 Å². The zero-order valence-electron chi connectivity index (χ0n) is 10.6. The normalized spacial score (nSPS) is 35.5. The zero-order valence-corrected chi connectivity index (χ0v) is 11.4. The van der Waals surface area contributed by atoms with E-state index in [9.17, 15) is 0 Å². The molecule has 0 amide bonds. The van der Waals surface area contributed by atoms with Crippen molar-refractivity contribution in [2.75, 3.05) is 19.4 Å². The van der Waals surface area contributed by atoms with Crippen molar-refractivity contribution < 1.29 is 4.74 Å². The van der Waals surface area contributed by atoms with Crippen LogP contribution in [0.2, 0.25) is 0 Å². The molecule has 2 aliphatic carbocycles. The Bertz CT molecular complexity index is 307. The molecule has 0 aromatic carbocycles. The van der Waals surface area contributed by atoms with Crippen molar-refractivity contribution in [1.82, 2.24) is 5.32 Å². The molecule has 0 atom stereocenters. The van der Waals surface area contributed by atoms with Gasteiger partial charge in [-0.05, 0) is 31.1 Å². The fraction of sp³-hybridized carbons (Fsp3) is 0.923. The van der Waals surface area contributed by atoms with E-state index >= 15 is 0 Å². The summed E-state index contributed by atoms with van der Waals surface area (Å²) < 4.78 is 5.30. The third-order valence-electron chi connectivity index (χ3n) is 4.49. The van der Waals surface area contributed by atoms with E-state index in [1.807, 2.05) is 11.8 Å². The minimum absolute atomic E-state index is 0.475. The van der Waals surface area contributed by atoms with Gasteiger partial charge >= 0.3 is 0 Å². The number of ether oxygens (including phenoxy) is 1. The summed E-state index contributed by atoms with van der Waals surface area (Å²) in [4.78, 5) is 4.77. The van der Waals surface area contributed by atoms with E-state index in [2.05, 4.69) is 5.32 Å². The molecule has 0 aromatic rings. The molecule has 17 heavy (non-hydrogen) atoms. The predicted molar refractivity (Wildman–Crippen MR) is 72.6 cm³/mol. The van der Waals surface area contributed by atoms with E-state index in [0.717, 1.165) is 19.4 Å². The van der Waals surface area contributed by atoms with Crippen molar-refractivity contribution in [3.63, 3.8) is 0 Å². The van der Waals surface area contributed by atoms with Crippen LogP contribution >= 0.6 is 11.8 Å². The van der Waals surface area contributed by atoms with Crippen molar-refractivity contribution in [3.8, 4) is 0 Å². The minimum atomic E-state index is 0.475. The van der Waals surface area contributed by atoms with Crippen LogP contribution in [0.4, 0.5) is 0 Å². The first-order chi connectivity index (χ1) is 8.30. The Balaban J connectivity index is 1.48. The fourth-order valence-corrected chi connectivity index (χ4v) is 4.35. The smallest absolute Gasteiger partial charge is 0.156 e. The Morgan fingerprint density at radius 3 is 2.71 bits per heavy atom. The number of nitrogens with one attached hydrogen (secondary N) is 1. The van der Waals surface area contributed by atoms with Crippen molar-refractivity contribution in [2.24, 2.45) is 10.4 Å². The van der Waals surface area contributed by atoms with Gasteiger partial charge in [0.25, 0.3) is 0 Å². The summed E-state index contributed by atoms with van der Waals surface area (Å²) in [5.41, 5.74) is 0.560. The highest BCUT2D eigenvalue weighted by Gasteiger charge is 2.37. The van der Waals surface area contributed by atoms with E-state index < -0.39 is 0 Å². The van der Waals surface area contributed by atoms with Crippen LogP contribution in [0.15, 0.2) is 4.99 Å². The number of hydrogen-bond acceptors (Lipinski definition) is 4. The molecular weight excluding hydrogens is 232 g/mol. The molecule has 1 spiro atoms. The third-order valence-corrected chi connectivity index (χ3v) is 5.77. The first kappa shape index (κ1) is 11.8. The molecule has 2 saturated carbocycles.